The minimum Gasteiger partial charge on any atom is -0.507 e. The normalized spacial score (nSPS) is 21.9. The van der Waals surface area contributed by atoms with Crippen molar-refractivity contribution < 1.29 is 33.5 Å². The quantitative estimate of drug-likeness (QED) is 0.317. The summed E-state index contributed by atoms with van der Waals surface area (Å²) < 4.78 is 22.3. The van der Waals surface area contributed by atoms with Gasteiger partial charge in [0.1, 0.15) is 36.1 Å². The first kappa shape index (κ1) is 23.8. The van der Waals surface area contributed by atoms with E-state index in [1.807, 2.05) is 19.8 Å². The van der Waals surface area contributed by atoms with Gasteiger partial charge in [-0.2, -0.15) is 0 Å². The van der Waals surface area contributed by atoms with Crippen LogP contribution in [-0.4, -0.2) is 58.4 Å². The van der Waals surface area contributed by atoms with Crippen molar-refractivity contribution in [3.8, 4) is 22.8 Å². The van der Waals surface area contributed by atoms with Crippen LogP contribution in [-0.2, 0) is 4.57 Å². The van der Waals surface area contributed by atoms with E-state index in [1.54, 1.807) is 24.3 Å². The van der Waals surface area contributed by atoms with E-state index in [1.165, 1.54) is 0 Å². The summed E-state index contributed by atoms with van der Waals surface area (Å²) in [6.07, 6.45) is -0.442. The Labute approximate surface area is 194 Å². The molecule has 1 aliphatic heterocycles. The molecule has 0 saturated carbocycles. The predicted molar refractivity (Wildman–Crippen MR) is 126 cm³/mol. The summed E-state index contributed by atoms with van der Waals surface area (Å²) in [7, 11) is -1.22. The van der Waals surface area contributed by atoms with Gasteiger partial charge >= 0.3 is 7.82 Å². The van der Waals surface area contributed by atoms with Gasteiger partial charge in [0.2, 0.25) is 0 Å². The molecule has 0 aliphatic carbocycles. The van der Waals surface area contributed by atoms with Crippen molar-refractivity contribution in [2.45, 2.75) is 24.4 Å². The summed E-state index contributed by atoms with van der Waals surface area (Å²) >= 11 is 6.27. The van der Waals surface area contributed by atoms with Gasteiger partial charge in [0, 0.05) is 35.7 Å². The van der Waals surface area contributed by atoms with E-state index in [4.69, 9.17) is 20.5 Å². The number of aliphatic hydroxyl groups excluding tert-OH is 1. The number of phenolic OH excluding ortho intramolecular Hbond substituents is 1. The van der Waals surface area contributed by atoms with Crippen molar-refractivity contribution >= 4 is 38.2 Å². The second kappa shape index (κ2) is 8.79. The minimum absolute atomic E-state index is 0.0531. The number of phenols is 1. The summed E-state index contributed by atoms with van der Waals surface area (Å²) in [5, 5.41) is 21.7. The van der Waals surface area contributed by atoms with Crippen LogP contribution >= 0.6 is 19.4 Å². The Morgan fingerprint density at radius 3 is 2.64 bits per heavy atom. The van der Waals surface area contributed by atoms with Gasteiger partial charge in [-0.25, -0.2) is 4.57 Å². The SMILES string of the molecule is BC1CC(c2c(O)cc(OP(=O)(O)O)c3c(=O)cc(-c4ccccc4Cl)oc23)C(O)CN1C. The fraction of sp³-hybridized carbons (Fsp3) is 0.286. The molecular weight excluding hydrogens is 471 g/mol. The van der Waals surface area contributed by atoms with Crippen molar-refractivity contribution in [2.75, 3.05) is 13.6 Å². The van der Waals surface area contributed by atoms with Crippen molar-refractivity contribution in [3.63, 3.8) is 0 Å². The molecule has 3 atom stereocenters. The highest BCUT2D eigenvalue weighted by Crippen LogP contribution is 2.47. The Bertz CT molecular complexity index is 1330. The Balaban J connectivity index is 2.04. The monoisotopic (exact) mass is 493 g/mol. The van der Waals surface area contributed by atoms with Crippen LogP contribution in [0.5, 0.6) is 11.5 Å². The number of phosphoric ester groups is 1. The summed E-state index contributed by atoms with van der Waals surface area (Å²) in [4.78, 5) is 33.7. The van der Waals surface area contributed by atoms with Crippen LogP contribution in [0.15, 0.2) is 45.6 Å². The number of likely N-dealkylation sites (tertiary alicyclic amines) is 1. The Morgan fingerprint density at radius 1 is 1.27 bits per heavy atom. The Hall–Kier alpha value is -2.33. The topological polar surface area (TPSA) is 141 Å². The lowest BCUT2D eigenvalue weighted by Gasteiger charge is -2.39. The van der Waals surface area contributed by atoms with Crippen LogP contribution in [0.1, 0.15) is 17.9 Å². The standard InChI is InChI=1S/C21H22BClNO8P/c1-24-9-15(27)11(6-18(24)22)19-13(25)8-17(32-33(28,29)30)20-14(26)7-16(31-21(19)20)10-4-2-3-5-12(10)23/h2-5,7-8,11,15,18,25,27H,6,9,22H2,1H3,(H2,28,29,30). The van der Waals surface area contributed by atoms with E-state index in [9.17, 15) is 29.4 Å². The van der Waals surface area contributed by atoms with Gasteiger partial charge in [-0.3, -0.25) is 14.6 Å². The third kappa shape index (κ3) is 4.68. The molecule has 2 heterocycles. The van der Waals surface area contributed by atoms with Crippen molar-refractivity contribution in [1.82, 2.24) is 4.90 Å². The molecule has 12 heteroatoms. The van der Waals surface area contributed by atoms with Crippen LogP contribution in [0.25, 0.3) is 22.3 Å². The number of nitrogens with zero attached hydrogens (tertiary/aromatic N) is 1. The van der Waals surface area contributed by atoms with E-state index < -0.39 is 36.8 Å². The fourth-order valence-electron chi connectivity index (χ4n) is 4.28. The summed E-state index contributed by atoms with van der Waals surface area (Å²) in [6.45, 7) is 0.321. The van der Waals surface area contributed by atoms with Gasteiger partial charge in [0.15, 0.2) is 5.43 Å². The number of piperidine rings is 1. The van der Waals surface area contributed by atoms with Gasteiger partial charge in [0.05, 0.1) is 11.1 Å². The molecule has 1 aromatic heterocycles. The number of phosphoric acid groups is 1. The highest BCUT2D eigenvalue weighted by atomic mass is 35.5. The number of aliphatic hydroxyl groups is 1. The third-order valence-electron chi connectivity index (χ3n) is 6.00. The number of benzene rings is 2. The minimum atomic E-state index is -5.06. The molecule has 4 N–H and O–H groups in total. The highest BCUT2D eigenvalue weighted by Gasteiger charge is 2.36. The first-order chi connectivity index (χ1) is 15.5. The van der Waals surface area contributed by atoms with Crippen LogP contribution < -0.4 is 9.95 Å². The lowest BCUT2D eigenvalue weighted by Crippen LogP contribution is -2.47. The predicted octanol–water partition coefficient (Wildman–Crippen LogP) is 2.03. The molecule has 3 aromatic rings. The van der Waals surface area contributed by atoms with Gasteiger partial charge in [-0.05, 0) is 31.5 Å². The summed E-state index contributed by atoms with van der Waals surface area (Å²) in [5.74, 6) is -1.38. The van der Waals surface area contributed by atoms with E-state index in [2.05, 4.69) is 0 Å². The van der Waals surface area contributed by atoms with Crippen LogP contribution in [0, 0.1) is 0 Å². The molecule has 1 aliphatic rings. The van der Waals surface area contributed by atoms with E-state index in [-0.39, 0.29) is 28.2 Å². The highest BCUT2D eigenvalue weighted by molar-refractivity contribution is 7.46. The molecule has 0 radical (unpaired) electrons. The summed E-state index contributed by atoms with van der Waals surface area (Å²) in [5.41, 5.74) is -0.184. The van der Waals surface area contributed by atoms with Gasteiger partial charge in [0.25, 0.3) is 0 Å². The van der Waals surface area contributed by atoms with Crippen LogP contribution in [0.3, 0.4) is 0 Å². The van der Waals surface area contributed by atoms with E-state index in [0.717, 1.165) is 12.1 Å². The van der Waals surface area contributed by atoms with Crippen molar-refractivity contribution in [1.29, 1.82) is 0 Å². The molecule has 9 nitrogen and oxygen atoms in total. The maximum absolute atomic E-state index is 13.1. The number of hydrogen-bond donors (Lipinski definition) is 4. The van der Waals surface area contributed by atoms with E-state index >= 15 is 0 Å². The molecule has 0 bridgehead atoms. The van der Waals surface area contributed by atoms with Crippen molar-refractivity contribution in [3.05, 3.63) is 57.2 Å². The van der Waals surface area contributed by atoms with Crippen molar-refractivity contribution in [2.24, 2.45) is 0 Å². The van der Waals surface area contributed by atoms with Crippen LogP contribution in [0.4, 0.5) is 0 Å². The average Bonchev–Trinajstić information content (AvgIpc) is 2.70. The molecule has 0 spiro atoms. The number of likely N-dealkylation sites (N-methyl/N-ethyl adjacent to an activating group) is 1. The number of hydrogen-bond acceptors (Lipinski definition) is 7. The molecular formula is C21H22BClNO8P. The third-order valence-corrected chi connectivity index (χ3v) is 6.76. The Kier molecular flexibility index (Phi) is 6.35. The first-order valence-electron chi connectivity index (χ1n) is 10.2. The molecule has 1 fully saturated rings. The van der Waals surface area contributed by atoms with E-state index in [0.29, 0.717) is 23.6 Å². The average molecular weight is 494 g/mol. The van der Waals surface area contributed by atoms with Gasteiger partial charge < -0.3 is 24.1 Å². The zero-order valence-corrected chi connectivity index (χ0v) is 19.5. The largest absolute Gasteiger partial charge is 0.524 e. The number of β-amino-alcohol motifs (C(OH)–C–C–N with tert-alkyl or cyclic N) is 1. The first-order valence-corrected chi connectivity index (χ1v) is 12.1. The maximum atomic E-state index is 13.1. The lowest BCUT2D eigenvalue weighted by molar-refractivity contribution is 0.0526. The molecule has 2 aromatic carbocycles. The van der Waals surface area contributed by atoms with Gasteiger partial charge in [-0.15, -0.1) is 0 Å². The van der Waals surface area contributed by atoms with Crippen LogP contribution in [0.2, 0.25) is 5.02 Å². The second-order valence-corrected chi connectivity index (χ2v) is 9.82. The number of halogens is 1. The van der Waals surface area contributed by atoms with Gasteiger partial charge in [-0.1, -0.05) is 23.7 Å². The molecule has 3 unspecified atom stereocenters. The molecule has 0 amide bonds. The molecule has 1 saturated heterocycles. The maximum Gasteiger partial charge on any atom is 0.524 e. The zero-order valence-electron chi connectivity index (χ0n) is 17.8. The Morgan fingerprint density at radius 2 is 1.97 bits per heavy atom. The molecule has 4 rings (SSSR count). The smallest absolute Gasteiger partial charge is 0.507 e. The fourth-order valence-corrected chi connectivity index (χ4v) is 4.91. The second-order valence-electron chi connectivity index (χ2n) is 8.25. The number of aromatic hydroxyl groups is 1. The number of rotatable bonds is 4. The number of fused-ring (bicyclic) bond motifs is 1. The lowest BCUT2D eigenvalue weighted by atomic mass is 9.76. The zero-order chi connectivity index (χ0) is 24.1. The molecule has 174 valence electrons. The molecule has 33 heavy (non-hydrogen) atoms. The summed E-state index contributed by atoms with van der Waals surface area (Å²) in [6, 6.07) is 8.80.